The van der Waals surface area contributed by atoms with E-state index in [1.54, 1.807) is 11.4 Å². The molecule has 3 rings (SSSR count). The van der Waals surface area contributed by atoms with Crippen LogP contribution in [0.5, 0.6) is 0 Å². The van der Waals surface area contributed by atoms with E-state index >= 15 is 0 Å². The first kappa shape index (κ1) is 19.5. The van der Waals surface area contributed by atoms with Crippen molar-refractivity contribution < 1.29 is 22.4 Å². The van der Waals surface area contributed by atoms with E-state index in [0.29, 0.717) is 19.4 Å². The fourth-order valence-corrected chi connectivity index (χ4v) is 5.70. The number of para-hydroxylation sites is 1. The Labute approximate surface area is 160 Å². The van der Waals surface area contributed by atoms with Crippen molar-refractivity contribution in [2.45, 2.75) is 23.1 Å². The van der Waals surface area contributed by atoms with Crippen LogP contribution in [-0.2, 0) is 19.6 Å². The van der Waals surface area contributed by atoms with Crippen LogP contribution in [0.3, 0.4) is 0 Å². The topological polar surface area (TPSA) is 95.6 Å². The minimum atomic E-state index is -3.62. The van der Waals surface area contributed by atoms with Crippen LogP contribution in [0, 0.1) is 5.82 Å². The summed E-state index contributed by atoms with van der Waals surface area (Å²) in [4.78, 5) is 23.9. The second-order valence-corrected chi connectivity index (χ2v) is 9.05. The molecular weight excluding hydrogens is 393 g/mol. The Morgan fingerprint density at radius 3 is 2.67 bits per heavy atom. The lowest BCUT2D eigenvalue weighted by molar-refractivity contribution is -0.136. The Balaban J connectivity index is 1.59. The lowest BCUT2D eigenvalue weighted by atomic mass is 10.2. The highest BCUT2D eigenvalue weighted by molar-refractivity contribution is 7.91. The van der Waals surface area contributed by atoms with E-state index in [-0.39, 0.29) is 16.4 Å². The van der Waals surface area contributed by atoms with Gasteiger partial charge in [-0.3, -0.25) is 9.59 Å². The predicted molar refractivity (Wildman–Crippen MR) is 99.3 cm³/mol. The van der Waals surface area contributed by atoms with E-state index in [1.807, 2.05) is 0 Å². The molecule has 1 aliphatic heterocycles. The third kappa shape index (κ3) is 4.34. The zero-order valence-corrected chi connectivity index (χ0v) is 15.9. The van der Waals surface area contributed by atoms with Crippen molar-refractivity contribution in [2.24, 2.45) is 0 Å². The Hall–Kier alpha value is -2.30. The lowest BCUT2D eigenvalue weighted by Gasteiger charge is -2.23. The molecule has 2 aromatic rings. The molecule has 2 N–H and O–H groups in total. The van der Waals surface area contributed by atoms with Gasteiger partial charge in [-0.2, -0.15) is 4.31 Å². The molecule has 0 aliphatic carbocycles. The van der Waals surface area contributed by atoms with Gasteiger partial charge in [0.2, 0.25) is 0 Å². The first-order valence-electron chi connectivity index (χ1n) is 8.28. The van der Waals surface area contributed by atoms with Gasteiger partial charge in [0.25, 0.3) is 10.0 Å². The fourth-order valence-electron chi connectivity index (χ4n) is 2.89. The minimum absolute atomic E-state index is 0.00807. The second-order valence-electron chi connectivity index (χ2n) is 5.99. The number of anilines is 1. The largest absolute Gasteiger partial charge is 0.346 e. The molecule has 1 aromatic carbocycles. The number of rotatable bonds is 5. The van der Waals surface area contributed by atoms with Crippen molar-refractivity contribution in [1.82, 2.24) is 9.62 Å². The second kappa shape index (κ2) is 8.15. The molecule has 1 aliphatic rings. The third-order valence-corrected chi connectivity index (χ3v) is 7.53. The van der Waals surface area contributed by atoms with Crippen LogP contribution in [0.25, 0.3) is 0 Å². The standard InChI is InChI=1S/C17H18FN3O4S2/c18-13-6-1-2-7-14(13)20-17(23)16(22)19-11-12-5-3-9-21(12)27(24,25)15-8-4-10-26-15/h1-2,4,6-8,10,12H,3,5,9,11H2,(H,19,22)(H,20,23). The van der Waals surface area contributed by atoms with Crippen molar-refractivity contribution >= 4 is 38.9 Å². The molecule has 27 heavy (non-hydrogen) atoms. The minimum Gasteiger partial charge on any atom is -0.346 e. The smallest absolute Gasteiger partial charge is 0.313 e. The summed E-state index contributed by atoms with van der Waals surface area (Å²) in [7, 11) is -3.62. The molecular formula is C17H18FN3O4S2. The highest BCUT2D eigenvalue weighted by Gasteiger charge is 2.36. The highest BCUT2D eigenvalue weighted by atomic mass is 32.2. The number of benzene rings is 1. The number of thiophene rings is 1. The number of carbonyl (C=O) groups is 2. The van der Waals surface area contributed by atoms with Gasteiger partial charge in [0.05, 0.1) is 5.69 Å². The Morgan fingerprint density at radius 2 is 1.96 bits per heavy atom. The summed E-state index contributed by atoms with van der Waals surface area (Å²) >= 11 is 1.13. The van der Waals surface area contributed by atoms with Gasteiger partial charge in [-0.15, -0.1) is 11.3 Å². The summed E-state index contributed by atoms with van der Waals surface area (Å²) in [6, 6.07) is 8.28. The maximum atomic E-state index is 13.5. The molecule has 2 heterocycles. The van der Waals surface area contributed by atoms with Crippen molar-refractivity contribution in [2.75, 3.05) is 18.4 Å². The third-order valence-electron chi connectivity index (χ3n) is 4.21. The molecule has 1 saturated heterocycles. The van der Waals surface area contributed by atoms with Gasteiger partial charge in [0, 0.05) is 19.1 Å². The van der Waals surface area contributed by atoms with E-state index in [2.05, 4.69) is 10.6 Å². The van der Waals surface area contributed by atoms with E-state index in [4.69, 9.17) is 0 Å². The number of sulfonamides is 1. The number of halogens is 1. The Bertz CT molecular complexity index is 931. The Morgan fingerprint density at radius 1 is 1.19 bits per heavy atom. The first-order valence-corrected chi connectivity index (χ1v) is 10.6. The molecule has 7 nitrogen and oxygen atoms in total. The number of nitrogens with one attached hydrogen (secondary N) is 2. The summed E-state index contributed by atoms with van der Waals surface area (Å²) in [5.41, 5.74) is -0.0968. The molecule has 0 spiro atoms. The van der Waals surface area contributed by atoms with Crippen LogP contribution in [0.2, 0.25) is 0 Å². The maximum Gasteiger partial charge on any atom is 0.313 e. The maximum absolute atomic E-state index is 13.5. The molecule has 1 aromatic heterocycles. The van der Waals surface area contributed by atoms with Gasteiger partial charge in [0.1, 0.15) is 10.0 Å². The fraction of sp³-hybridized carbons (Fsp3) is 0.294. The zero-order chi connectivity index (χ0) is 19.4. The van der Waals surface area contributed by atoms with Gasteiger partial charge in [-0.1, -0.05) is 18.2 Å². The number of nitrogens with zero attached hydrogens (tertiary/aromatic N) is 1. The van der Waals surface area contributed by atoms with Crippen molar-refractivity contribution in [1.29, 1.82) is 0 Å². The van der Waals surface area contributed by atoms with E-state index in [9.17, 15) is 22.4 Å². The van der Waals surface area contributed by atoms with Crippen LogP contribution in [0.1, 0.15) is 12.8 Å². The quantitative estimate of drug-likeness (QED) is 0.734. The summed E-state index contributed by atoms with van der Waals surface area (Å²) in [6.45, 7) is 0.371. The van der Waals surface area contributed by atoms with Crippen molar-refractivity contribution in [3.63, 3.8) is 0 Å². The van der Waals surface area contributed by atoms with Gasteiger partial charge < -0.3 is 10.6 Å². The molecule has 1 unspecified atom stereocenters. The average Bonchev–Trinajstić information content (AvgIpc) is 3.33. The average molecular weight is 411 g/mol. The van der Waals surface area contributed by atoms with Crippen molar-refractivity contribution in [3.8, 4) is 0 Å². The number of hydrogen-bond acceptors (Lipinski definition) is 5. The molecule has 1 fully saturated rings. The molecule has 0 saturated carbocycles. The highest BCUT2D eigenvalue weighted by Crippen LogP contribution is 2.28. The normalized spacial score (nSPS) is 17.6. The summed E-state index contributed by atoms with van der Waals surface area (Å²) in [5, 5.41) is 6.32. The van der Waals surface area contributed by atoms with Crippen LogP contribution in [-0.4, -0.2) is 43.7 Å². The molecule has 2 amide bonds. The van der Waals surface area contributed by atoms with Gasteiger partial charge in [0.15, 0.2) is 0 Å². The number of hydrogen-bond donors (Lipinski definition) is 2. The zero-order valence-electron chi connectivity index (χ0n) is 14.2. The summed E-state index contributed by atoms with van der Waals surface area (Å²) in [6.07, 6.45) is 1.26. The molecule has 0 radical (unpaired) electrons. The monoisotopic (exact) mass is 411 g/mol. The summed E-state index contributed by atoms with van der Waals surface area (Å²) < 4.78 is 40.5. The summed E-state index contributed by atoms with van der Waals surface area (Å²) in [5.74, 6) is -2.60. The van der Waals surface area contributed by atoms with E-state index < -0.39 is 33.7 Å². The molecule has 144 valence electrons. The van der Waals surface area contributed by atoms with Gasteiger partial charge >= 0.3 is 11.8 Å². The van der Waals surface area contributed by atoms with Crippen LogP contribution >= 0.6 is 11.3 Å². The van der Waals surface area contributed by atoms with Gasteiger partial charge in [-0.05, 0) is 36.4 Å². The van der Waals surface area contributed by atoms with E-state index in [0.717, 1.165) is 11.3 Å². The molecule has 0 bridgehead atoms. The molecule has 10 heteroatoms. The molecule has 1 atom stereocenters. The number of amides is 2. The predicted octanol–water partition coefficient (Wildman–Crippen LogP) is 1.80. The first-order chi connectivity index (χ1) is 12.9. The van der Waals surface area contributed by atoms with Crippen LogP contribution in [0.4, 0.5) is 10.1 Å². The van der Waals surface area contributed by atoms with Crippen LogP contribution in [0.15, 0.2) is 46.0 Å². The Kier molecular flexibility index (Phi) is 5.88. The number of carbonyl (C=O) groups excluding carboxylic acids is 2. The van der Waals surface area contributed by atoms with Crippen LogP contribution < -0.4 is 10.6 Å². The van der Waals surface area contributed by atoms with Crippen molar-refractivity contribution in [3.05, 3.63) is 47.6 Å². The van der Waals surface area contributed by atoms with Gasteiger partial charge in [-0.25, -0.2) is 12.8 Å². The SMILES string of the molecule is O=C(NCC1CCCN1S(=O)(=O)c1cccs1)C(=O)Nc1ccccc1F. The van der Waals surface area contributed by atoms with E-state index in [1.165, 1.54) is 34.6 Å². The lowest BCUT2D eigenvalue weighted by Crippen LogP contribution is -2.45.